The van der Waals surface area contributed by atoms with Gasteiger partial charge in [0, 0.05) is 36.2 Å². The van der Waals surface area contributed by atoms with E-state index in [-0.39, 0.29) is 37.5 Å². The minimum Gasteiger partial charge on any atom is -0.458 e. The number of likely N-dealkylation sites (tertiary alicyclic amines) is 1. The van der Waals surface area contributed by atoms with E-state index in [1.54, 1.807) is 37.8 Å². The monoisotopic (exact) mass is 561 g/mol. The highest BCUT2D eigenvalue weighted by Crippen LogP contribution is 2.17. The van der Waals surface area contributed by atoms with E-state index in [4.69, 9.17) is 25.4 Å². The molecule has 1 saturated heterocycles. The number of ether oxygens (including phenoxy) is 3. The first-order valence-corrected chi connectivity index (χ1v) is 13.4. The molecule has 1 aliphatic heterocycles. The standard InChI is InChI=1S/C28H43N5O7/c1-27(2,3)32-26(37)38-16-13-21(31-24(35)19-9-7-18(8-10-19)23(29)30)25(36)33-14-11-20(12-15-33)39-17-22(34)40-28(4,5)6/h7-10,20-21H,11-17H2,1-6H3,(H3,29,30)(H,31,35)(H,32,37)/t21-/m0/s1. The van der Waals surface area contributed by atoms with Gasteiger partial charge in [0.25, 0.3) is 5.91 Å². The molecule has 0 radical (unpaired) electrons. The summed E-state index contributed by atoms with van der Waals surface area (Å²) in [7, 11) is 0. The minimum atomic E-state index is -0.943. The van der Waals surface area contributed by atoms with Crippen LogP contribution in [0, 0.1) is 5.41 Å². The van der Waals surface area contributed by atoms with E-state index in [0.29, 0.717) is 37.1 Å². The van der Waals surface area contributed by atoms with Crippen molar-refractivity contribution in [2.24, 2.45) is 5.73 Å². The fourth-order valence-corrected chi connectivity index (χ4v) is 3.93. The van der Waals surface area contributed by atoms with Crippen molar-refractivity contribution in [2.45, 2.75) is 84.1 Å². The highest BCUT2D eigenvalue weighted by molar-refractivity contribution is 5.99. The third-order valence-electron chi connectivity index (χ3n) is 5.79. The van der Waals surface area contributed by atoms with Gasteiger partial charge in [-0.3, -0.25) is 15.0 Å². The molecule has 3 amide bonds. The zero-order chi connectivity index (χ0) is 30.1. The van der Waals surface area contributed by atoms with Crippen LogP contribution < -0.4 is 16.4 Å². The van der Waals surface area contributed by atoms with Gasteiger partial charge in [-0.05, 0) is 66.5 Å². The fourth-order valence-electron chi connectivity index (χ4n) is 3.93. The number of benzene rings is 1. The predicted octanol–water partition coefficient (Wildman–Crippen LogP) is 2.33. The number of amides is 3. The van der Waals surface area contributed by atoms with E-state index >= 15 is 0 Å². The van der Waals surface area contributed by atoms with Crippen molar-refractivity contribution < 1.29 is 33.4 Å². The Morgan fingerprint density at radius 2 is 1.60 bits per heavy atom. The lowest BCUT2D eigenvalue weighted by molar-refractivity contribution is -0.163. The topological polar surface area (TPSA) is 173 Å². The largest absolute Gasteiger partial charge is 0.458 e. The van der Waals surface area contributed by atoms with E-state index in [2.05, 4.69) is 10.6 Å². The van der Waals surface area contributed by atoms with Crippen molar-refractivity contribution in [3.8, 4) is 0 Å². The summed E-state index contributed by atoms with van der Waals surface area (Å²) in [4.78, 5) is 52.1. The van der Waals surface area contributed by atoms with Crippen LogP contribution in [0.15, 0.2) is 24.3 Å². The minimum absolute atomic E-state index is 0.0722. The van der Waals surface area contributed by atoms with Crippen LogP contribution in [0.1, 0.15) is 76.7 Å². The number of carbonyl (C=O) groups excluding carboxylic acids is 4. The first kappa shape index (κ1) is 32.5. The normalized spacial score (nSPS) is 15.1. The van der Waals surface area contributed by atoms with Crippen molar-refractivity contribution in [2.75, 3.05) is 26.3 Å². The number of amidine groups is 1. The SMILES string of the molecule is CC(C)(C)NC(=O)OCC[C@H](NC(=O)c1ccc(C(=N)N)cc1)C(=O)N1CCC(OCC(=O)OC(C)(C)C)CC1. The van der Waals surface area contributed by atoms with E-state index in [9.17, 15) is 19.2 Å². The number of nitrogens with zero attached hydrogens (tertiary/aromatic N) is 1. The van der Waals surface area contributed by atoms with Gasteiger partial charge >= 0.3 is 12.1 Å². The summed E-state index contributed by atoms with van der Waals surface area (Å²) >= 11 is 0. The Balaban J connectivity index is 2.00. The number of hydrogen-bond acceptors (Lipinski definition) is 8. The van der Waals surface area contributed by atoms with Crippen molar-refractivity contribution in [3.63, 3.8) is 0 Å². The quantitative estimate of drug-likeness (QED) is 0.191. The Kier molecular flexibility index (Phi) is 11.5. The van der Waals surface area contributed by atoms with Gasteiger partial charge in [0.2, 0.25) is 5.91 Å². The van der Waals surface area contributed by atoms with E-state index in [0.717, 1.165) is 0 Å². The summed E-state index contributed by atoms with van der Waals surface area (Å²) < 4.78 is 16.2. The molecular formula is C28H43N5O7. The smallest absolute Gasteiger partial charge is 0.407 e. The second-order valence-corrected chi connectivity index (χ2v) is 11.7. The molecule has 0 aromatic heterocycles. The van der Waals surface area contributed by atoms with Gasteiger partial charge in [0.1, 0.15) is 24.1 Å². The summed E-state index contributed by atoms with van der Waals surface area (Å²) in [5, 5.41) is 12.9. The lowest BCUT2D eigenvalue weighted by atomic mass is 10.0. The van der Waals surface area contributed by atoms with Gasteiger partial charge in [0.05, 0.1) is 12.7 Å². The lowest BCUT2D eigenvalue weighted by Gasteiger charge is -2.34. The van der Waals surface area contributed by atoms with Crippen LogP contribution in [-0.4, -0.2) is 84.2 Å². The molecule has 12 nitrogen and oxygen atoms in total. The van der Waals surface area contributed by atoms with E-state index < -0.39 is 35.2 Å². The first-order valence-electron chi connectivity index (χ1n) is 13.4. The third-order valence-corrected chi connectivity index (χ3v) is 5.79. The van der Waals surface area contributed by atoms with Crippen LogP contribution >= 0.6 is 0 Å². The molecule has 0 saturated carbocycles. The zero-order valence-electron chi connectivity index (χ0n) is 24.3. The molecule has 1 aromatic carbocycles. The molecule has 0 bridgehead atoms. The average Bonchev–Trinajstić information content (AvgIpc) is 2.84. The van der Waals surface area contributed by atoms with Crippen LogP contribution in [0.2, 0.25) is 0 Å². The molecule has 1 fully saturated rings. The van der Waals surface area contributed by atoms with Crippen LogP contribution in [0.5, 0.6) is 0 Å². The van der Waals surface area contributed by atoms with Gasteiger partial charge in [0.15, 0.2) is 0 Å². The first-order chi connectivity index (χ1) is 18.5. The molecule has 2 rings (SSSR count). The molecule has 0 spiro atoms. The second-order valence-electron chi connectivity index (χ2n) is 11.7. The van der Waals surface area contributed by atoms with Crippen LogP contribution in [0.3, 0.4) is 0 Å². The maximum atomic E-state index is 13.4. The molecule has 12 heteroatoms. The summed E-state index contributed by atoms with van der Waals surface area (Å²) in [6, 6.07) is 5.20. The second kappa shape index (κ2) is 14.1. The Morgan fingerprint density at radius 3 is 2.12 bits per heavy atom. The Labute approximate surface area is 235 Å². The summed E-state index contributed by atoms with van der Waals surface area (Å²) in [6.45, 7) is 11.3. The Morgan fingerprint density at radius 1 is 1.02 bits per heavy atom. The lowest BCUT2D eigenvalue weighted by Crippen LogP contribution is -2.52. The fraction of sp³-hybridized carbons (Fsp3) is 0.607. The average molecular weight is 562 g/mol. The number of hydrogen-bond donors (Lipinski definition) is 4. The zero-order valence-corrected chi connectivity index (χ0v) is 24.3. The molecule has 0 aliphatic carbocycles. The summed E-state index contributed by atoms with van der Waals surface area (Å²) in [5.41, 5.74) is 5.17. The number of alkyl carbamates (subject to hydrolysis) is 1. The van der Waals surface area contributed by atoms with Gasteiger partial charge in [-0.15, -0.1) is 0 Å². The Hall–Kier alpha value is -3.67. The number of nitrogen functional groups attached to an aromatic ring is 1. The number of nitrogens with two attached hydrogens (primary N) is 1. The number of carbonyl (C=O) groups is 4. The van der Waals surface area contributed by atoms with Crippen molar-refractivity contribution in [1.29, 1.82) is 5.41 Å². The molecule has 5 N–H and O–H groups in total. The molecule has 1 aromatic rings. The van der Waals surface area contributed by atoms with Gasteiger partial charge in [-0.25, -0.2) is 9.59 Å². The molecule has 1 atom stereocenters. The van der Waals surface area contributed by atoms with Gasteiger partial charge in [-0.1, -0.05) is 12.1 Å². The highest BCUT2D eigenvalue weighted by Gasteiger charge is 2.31. The maximum absolute atomic E-state index is 13.4. The van der Waals surface area contributed by atoms with Crippen LogP contribution in [-0.2, 0) is 23.8 Å². The molecule has 222 valence electrons. The summed E-state index contributed by atoms with van der Waals surface area (Å²) in [5.74, 6) is -1.35. The van der Waals surface area contributed by atoms with Crippen molar-refractivity contribution in [3.05, 3.63) is 35.4 Å². The van der Waals surface area contributed by atoms with Gasteiger partial charge in [-0.2, -0.15) is 0 Å². The van der Waals surface area contributed by atoms with Crippen LogP contribution in [0.4, 0.5) is 4.79 Å². The van der Waals surface area contributed by atoms with Gasteiger partial charge < -0.3 is 35.5 Å². The molecule has 1 heterocycles. The molecule has 0 unspecified atom stereocenters. The van der Waals surface area contributed by atoms with Crippen LogP contribution in [0.25, 0.3) is 0 Å². The summed E-state index contributed by atoms with van der Waals surface area (Å²) in [6.07, 6.45) is 0.294. The number of esters is 1. The highest BCUT2D eigenvalue weighted by atomic mass is 16.6. The molecule has 40 heavy (non-hydrogen) atoms. The third kappa shape index (κ3) is 11.6. The number of rotatable bonds is 10. The number of nitrogens with one attached hydrogen (secondary N) is 3. The Bertz CT molecular complexity index is 1050. The molecule has 1 aliphatic rings. The van der Waals surface area contributed by atoms with Crippen molar-refractivity contribution >= 4 is 29.7 Å². The molecular weight excluding hydrogens is 518 g/mol. The number of piperidine rings is 1. The van der Waals surface area contributed by atoms with E-state index in [1.807, 2.05) is 20.8 Å². The van der Waals surface area contributed by atoms with Crippen molar-refractivity contribution in [1.82, 2.24) is 15.5 Å². The maximum Gasteiger partial charge on any atom is 0.407 e. The predicted molar refractivity (Wildman–Crippen MR) is 149 cm³/mol. The van der Waals surface area contributed by atoms with E-state index in [1.165, 1.54) is 12.1 Å².